The van der Waals surface area contributed by atoms with E-state index in [1.807, 2.05) is 20.8 Å². The lowest BCUT2D eigenvalue weighted by Crippen LogP contribution is -2.07. The molecule has 0 amide bonds. The molecule has 6 heteroatoms. The van der Waals surface area contributed by atoms with Crippen LogP contribution < -0.4 is 10.5 Å². The monoisotopic (exact) mass is 304 g/mol. The number of anilines is 1. The molecule has 0 aliphatic carbocycles. The van der Waals surface area contributed by atoms with Gasteiger partial charge in [-0.25, -0.2) is 4.79 Å². The zero-order valence-corrected chi connectivity index (χ0v) is 13.0. The van der Waals surface area contributed by atoms with Gasteiger partial charge in [-0.15, -0.1) is 0 Å². The Morgan fingerprint density at radius 2 is 2.14 bits per heavy atom. The first-order valence-corrected chi connectivity index (χ1v) is 7.14. The minimum absolute atomic E-state index is 0.277. The van der Waals surface area contributed by atoms with Gasteiger partial charge in [0.2, 0.25) is 0 Å². The van der Waals surface area contributed by atoms with Gasteiger partial charge >= 0.3 is 5.97 Å². The van der Waals surface area contributed by atoms with Gasteiger partial charge in [0, 0.05) is 0 Å². The van der Waals surface area contributed by atoms with Crippen LogP contribution in [0.15, 0.2) is 22.7 Å². The third-order valence-electron chi connectivity index (χ3n) is 3.24. The number of benzene rings is 1. The molecular formula is C16H20N2O4. The van der Waals surface area contributed by atoms with E-state index in [2.05, 4.69) is 5.16 Å². The van der Waals surface area contributed by atoms with Crippen molar-refractivity contribution in [2.75, 3.05) is 12.3 Å². The molecule has 2 rings (SSSR count). The molecule has 2 N–H and O–H groups in total. The molecular weight excluding hydrogens is 284 g/mol. The van der Waals surface area contributed by atoms with Crippen molar-refractivity contribution in [1.29, 1.82) is 0 Å². The van der Waals surface area contributed by atoms with Crippen molar-refractivity contribution in [3.8, 4) is 5.75 Å². The summed E-state index contributed by atoms with van der Waals surface area (Å²) in [6.45, 7) is 6.27. The third kappa shape index (κ3) is 3.58. The average Bonchev–Trinajstić information content (AvgIpc) is 2.83. The van der Waals surface area contributed by atoms with Crippen molar-refractivity contribution < 1.29 is 18.8 Å². The molecule has 2 aromatic rings. The summed E-state index contributed by atoms with van der Waals surface area (Å²) in [4.78, 5) is 11.9. The fraction of sp³-hybridized carbons (Fsp3) is 0.375. The molecule has 0 radical (unpaired) electrons. The Morgan fingerprint density at radius 1 is 1.36 bits per heavy atom. The van der Waals surface area contributed by atoms with Gasteiger partial charge in [-0.2, -0.15) is 0 Å². The maximum Gasteiger partial charge on any atom is 0.338 e. The van der Waals surface area contributed by atoms with E-state index in [0.29, 0.717) is 29.4 Å². The van der Waals surface area contributed by atoms with E-state index in [0.717, 1.165) is 17.7 Å². The molecule has 0 saturated carbocycles. The lowest BCUT2D eigenvalue weighted by atomic mass is 10.2. The Labute approximate surface area is 129 Å². The molecule has 1 aromatic carbocycles. The van der Waals surface area contributed by atoms with E-state index in [1.54, 1.807) is 18.2 Å². The molecule has 118 valence electrons. The number of hydrogen-bond donors (Lipinski definition) is 1. The van der Waals surface area contributed by atoms with E-state index in [1.165, 1.54) is 0 Å². The highest BCUT2D eigenvalue weighted by Crippen LogP contribution is 2.25. The summed E-state index contributed by atoms with van der Waals surface area (Å²) in [7, 11) is 0. The van der Waals surface area contributed by atoms with Crippen molar-refractivity contribution in [2.24, 2.45) is 0 Å². The standard InChI is InChI=1S/C16H20N2O4/c1-4-7-20-16(19)12-5-6-14(17)15(8-12)21-9-13-10(2)18-22-11(13)3/h5-6,8H,4,7,9,17H2,1-3H3. The normalized spacial score (nSPS) is 10.5. The number of esters is 1. The Hall–Kier alpha value is -2.50. The molecule has 22 heavy (non-hydrogen) atoms. The molecule has 6 nitrogen and oxygen atoms in total. The minimum atomic E-state index is -0.385. The first-order valence-electron chi connectivity index (χ1n) is 7.14. The number of nitrogen functional groups attached to an aromatic ring is 1. The van der Waals surface area contributed by atoms with Gasteiger partial charge < -0.3 is 19.7 Å². The number of carbonyl (C=O) groups is 1. The molecule has 1 heterocycles. The number of aromatic nitrogens is 1. The van der Waals surface area contributed by atoms with Crippen LogP contribution in [0.4, 0.5) is 5.69 Å². The topological polar surface area (TPSA) is 87.6 Å². The quantitative estimate of drug-likeness (QED) is 0.652. The number of nitrogens with two attached hydrogens (primary N) is 1. The highest BCUT2D eigenvalue weighted by molar-refractivity contribution is 5.90. The lowest BCUT2D eigenvalue weighted by Gasteiger charge is -2.10. The number of carbonyl (C=O) groups excluding carboxylic acids is 1. The molecule has 0 fully saturated rings. The molecule has 0 bridgehead atoms. The second kappa shape index (κ2) is 6.98. The highest BCUT2D eigenvalue weighted by atomic mass is 16.5. The molecule has 1 aromatic heterocycles. The van der Waals surface area contributed by atoms with Gasteiger partial charge in [0.15, 0.2) is 0 Å². The Kier molecular flexibility index (Phi) is 5.04. The Morgan fingerprint density at radius 3 is 2.77 bits per heavy atom. The van der Waals surface area contributed by atoms with Crippen LogP contribution in [-0.2, 0) is 11.3 Å². The maximum atomic E-state index is 11.9. The van der Waals surface area contributed by atoms with Crippen LogP contribution in [-0.4, -0.2) is 17.7 Å². The second-order valence-corrected chi connectivity index (χ2v) is 4.98. The lowest BCUT2D eigenvalue weighted by molar-refractivity contribution is 0.0504. The van der Waals surface area contributed by atoms with Crippen molar-refractivity contribution in [1.82, 2.24) is 5.16 Å². The van der Waals surface area contributed by atoms with Gasteiger partial charge in [-0.1, -0.05) is 12.1 Å². The minimum Gasteiger partial charge on any atom is -0.487 e. The zero-order valence-electron chi connectivity index (χ0n) is 13.0. The molecule has 0 atom stereocenters. The average molecular weight is 304 g/mol. The van der Waals surface area contributed by atoms with E-state index in [9.17, 15) is 4.79 Å². The number of hydrogen-bond acceptors (Lipinski definition) is 6. The number of aryl methyl sites for hydroxylation is 2. The van der Waals surface area contributed by atoms with Gasteiger partial charge in [-0.05, 0) is 38.5 Å². The Bertz CT molecular complexity index is 645. The summed E-state index contributed by atoms with van der Waals surface area (Å²) < 4.78 is 15.9. The predicted molar refractivity (Wildman–Crippen MR) is 81.7 cm³/mol. The summed E-state index contributed by atoms with van der Waals surface area (Å²) in [5, 5.41) is 3.87. The summed E-state index contributed by atoms with van der Waals surface area (Å²) >= 11 is 0. The molecule has 0 spiro atoms. The van der Waals surface area contributed by atoms with E-state index in [-0.39, 0.29) is 12.6 Å². The number of nitrogens with zero attached hydrogens (tertiary/aromatic N) is 1. The van der Waals surface area contributed by atoms with Crippen molar-refractivity contribution >= 4 is 11.7 Å². The van der Waals surface area contributed by atoms with Gasteiger partial charge in [0.1, 0.15) is 18.1 Å². The van der Waals surface area contributed by atoms with Crippen LogP contribution in [0.25, 0.3) is 0 Å². The van der Waals surface area contributed by atoms with Crippen LogP contribution in [0.3, 0.4) is 0 Å². The SMILES string of the molecule is CCCOC(=O)c1ccc(N)c(OCc2c(C)noc2C)c1. The number of rotatable bonds is 6. The van der Waals surface area contributed by atoms with Crippen LogP contribution in [0.5, 0.6) is 5.75 Å². The Balaban J connectivity index is 2.12. The molecule has 0 aliphatic heterocycles. The summed E-state index contributed by atoms with van der Waals surface area (Å²) in [5.74, 6) is 0.754. The van der Waals surface area contributed by atoms with Crippen molar-refractivity contribution in [3.63, 3.8) is 0 Å². The molecule has 0 saturated heterocycles. The fourth-order valence-corrected chi connectivity index (χ4v) is 1.92. The predicted octanol–water partition coefficient (Wildman–Crippen LogP) is 3.02. The van der Waals surface area contributed by atoms with Crippen LogP contribution >= 0.6 is 0 Å². The van der Waals surface area contributed by atoms with Crippen LogP contribution in [0, 0.1) is 13.8 Å². The van der Waals surface area contributed by atoms with Gasteiger partial charge in [0.25, 0.3) is 0 Å². The van der Waals surface area contributed by atoms with E-state index < -0.39 is 0 Å². The zero-order chi connectivity index (χ0) is 16.1. The van der Waals surface area contributed by atoms with E-state index >= 15 is 0 Å². The summed E-state index contributed by atoms with van der Waals surface area (Å²) in [6.07, 6.45) is 0.774. The first kappa shape index (κ1) is 15.9. The fourth-order valence-electron chi connectivity index (χ4n) is 1.92. The van der Waals surface area contributed by atoms with Gasteiger partial charge in [0.05, 0.1) is 29.1 Å². The van der Waals surface area contributed by atoms with Crippen molar-refractivity contribution in [3.05, 3.63) is 40.8 Å². The molecule has 0 unspecified atom stereocenters. The van der Waals surface area contributed by atoms with E-state index in [4.69, 9.17) is 19.7 Å². The second-order valence-electron chi connectivity index (χ2n) is 4.98. The van der Waals surface area contributed by atoms with Crippen molar-refractivity contribution in [2.45, 2.75) is 33.8 Å². The highest BCUT2D eigenvalue weighted by Gasteiger charge is 2.13. The molecule has 0 aliphatic rings. The van der Waals surface area contributed by atoms with Crippen LogP contribution in [0.2, 0.25) is 0 Å². The summed E-state index contributed by atoms with van der Waals surface area (Å²) in [5.41, 5.74) is 8.41. The maximum absolute atomic E-state index is 11.9. The van der Waals surface area contributed by atoms with Crippen LogP contribution in [0.1, 0.15) is 40.7 Å². The largest absolute Gasteiger partial charge is 0.487 e. The first-order chi connectivity index (χ1) is 10.5. The number of ether oxygens (including phenoxy) is 2. The third-order valence-corrected chi connectivity index (χ3v) is 3.24. The summed E-state index contributed by atoms with van der Waals surface area (Å²) in [6, 6.07) is 4.84. The van der Waals surface area contributed by atoms with Gasteiger partial charge in [-0.3, -0.25) is 0 Å². The smallest absolute Gasteiger partial charge is 0.338 e.